The van der Waals surface area contributed by atoms with Crippen molar-refractivity contribution < 1.29 is 0 Å². The molecule has 1 aromatic rings. The second kappa shape index (κ2) is 4.47. The SMILES string of the molecule is C=C1C(C#N)=C(N(C)C)c2nc(C#N)ccc2N1C. The number of anilines is 1. The van der Waals surface area contributed by atoms with Gasteiger partial charge in [-0.05, 0) is 12.1 Å². The van der Waals surface area contributed by atoms with E-state index >= 15 is 0 Å². The summed E-state index contributed by atoms with van der Waals surface area (Å²) in [6.07, 6.45) is 0. The summed E-state index contributed by atoms with van der Waals surface area (Å²) in [5, 5.41) is 18.3. The molecule has 0 N–H and O–H groups in total. The first-order valence-corrected chi connectivity index (χ1v) is 5.67. The van der Waals surface area contributed by atoms with Crippen LogP contribution in [0.2, 0.25) is 0 Å². The summed E-state index contributed by atoms with van der Waals surface area (Å²) in [7, 11) is 5.52. The molecule has 1 aliphatic rings. The first-order chi connectivity index (χ1) is 9.01. The molecule has 5 heteroatoms. The van der Waals surface area contributed by atoms with Gasteiger partial charge < -0.3 is 9.80 Å². The summed E-state index contributed by atoms with van der Waals surface area (Å²) in [6.45, 7) is 3.95. The van der Waals surface area contributed by atoms with Crippen LogP contribution in [0.5, 0.6) is 0 Å². The van der Waals surface area contributed by atoms with E-state index in [4.69, 9.17) is 5.26 Å². The molecule has 0 atom stereocenters. The molecule has 0 saturated heterocycles. The average Bonchev–Trinajstić information content (AvgIpc) is 2.41. The van der Waals surface area contributed by atoms with E-state index < -0.39 is 0 Å². The highest BCUT2D eigenvalue weighted by molar-refractivity contribution is 5.86. The maximum absolute atomic E-state index is 9.34. The van der Waals surface area contributed by atoms with E-state index in [-0.39, 0.29) is 0 Å². The Hall–Kier alpha value is -2.79. The first kappa shape index (κ1) is 12.7. The zero-order valence-electron chi connectivity index (χ0n) is 11.1. The molecule has 2 rings (SSSR count). The molecule has 0 radical (unpaired) electrons. The molecular weight excluding hydrogens is 238 g/mol. The van der Waals surface area contributed by atoms with E-state index in [1.54, 1.807) is 6.07 Å². The number of likely N-dealkylation sites (N-methyl/N-ethyl adjacent to an activating group) is 1. The molecule has 0 aromatic carbocycles. The second-order valence-electron chi connectivity index (χ2n) is 4.41. The molecule has 94 valence electrons. The molecule has 0 aliphatic carbocycles. The quantitative estimate of drug-likeness (QED) is 0.760. The van der Waals surface area contributed by atoms with Gasteiger partial charge in [-0.1, -0.05) is 6.58 Å². The van der Waals surface area contributed by atoms with Crippen molar-refractivity contribution in [1.82, 2.24) is 9.88 Å². The lowest BCUT2D eigenvalue weighted by Crippen LogP contribution is -2.28. The van der Waals surface area contributed by atoms with Gasteiger partial charge >= 0.3 is 0 Å². The van der Waals surface area contributed by atoms with Crippen LogP contribution in [0, 0.1) is 22.7 Å². The lowest BCUT2D eigenvalue weighted by atomic mass is 10.0. The highest BCUT2D eigenvalue weighted by Gasteiger charge is 2.28. The third-order valence-corrected chi connectivity index (χ3v) is 3.06. The number of pyridine rings is 1. The number of hydrogen-bond donors (Lipinski definition) is 0. The predicted octanol–water partition coefficient (Wildman–Crippen LogP) is 1.71. The van der Waals surface area contributed by atoms with Gasteiger partial charge in [0.2, 0.25) is 0 Å². The van der Waals surface area contributed by atoms with Gasteiger partial charge in [0.15, 0.2) is 0 Å². The Morgan fingerprint density at radius 2 is 1.95 bits per heavy atom. The van der Waals surface area contributed by atoms with Gasteiger partial charge in [0.05, 0.1) is 17.1 Å². The Kier molecular flexibility index (Phi) is 2.98. The Labute approximate surface area is 112 Å². The van der Waals surface area contributed by atoms with Crippen LogP contribution in [0.25, 0.3) is 5.70 Å². The van der Waals surface area contributed by atoms with Gasteiger partial charge in [-0.15, -0.1) is 0 Å². The van der Waals surface area contributed by atoms with Crippen LogP contribution in [0.4, 0.5) is 5.69 Å². The number of aromatic nitrogens is 1. The molecule has 2 heterocycles. The van der Waals surface area contributed by atoms with E-state index in [0.717, 1.165) is 5.69 Å². The molecule has 0 bridgehead atoms. The van der Waals surface area contributed by atoms with Crippen LogP contribution < -0.4 is 4.90 Å². The van der Waals surface area contributed by atoms with Crippen LogP contribution in [-0.2, 0) is 0 Å². The standard InChI is InChI=1S/C14H13N5/c1-9-11(8-16)14(18(2)3)13-12(19(9)4)6-5-10(7-15)17-13/h5-6H,1H2,2-4H3. The number of rotatable bonds is 1. The van der Waals surface area contributed by atoms with Crippen molar-refractivity contribution in [1.29, 1.82) is 10.5 Å². The Bertz CT molecular complexity index is 670. The van der Waals surface area contributed by atoms with Crippen LogP contribution in [0.3, 0.4) is 0 Å². The number of nitriles is 2. The number of nitrogens with zero attached hydrogens (tertiary/aromatic N) is 5. The molecule has 0 unspecified atom stereocenters. The topological polar surface area (TPSA) is 67.0 Å². The van der Waals surface area contributed by atoms with Gasteiger partial charge in [-0.2, -0.15) is 10.5 Å². The van der Waals surface area contributed by atoms with E-state index in [0.29, 0.717) is 28.4 Å². The monoisotopic (exact) mass is 251 g/mol. The molecule has 1 aromatic heterocycles. The minimum Gasteiger partial charge on any atom is -0.375 e. The summed E-state index contributed by atoms with van der Waals surface area (Å²) in [5.41, 5.74) is 3.60. The van der Waals surface area contributed by atoms with Gasteiger partial charge in [0.1, 0.15) is 29.1 Å². The predicted molar refractivity (Wildman–Crippen MR) is 72.7 cm³/mol. The zero-order chi connectivity index (χ0) is 14.2. The van der Waals surface area contributed by atoms with Crippen molar-refractivity contribution >= 4 is 11.4 Å². The average molecular weight is 251 g/mol. The second-order valence-corrected chi connectivity index (χ2v) is 4.41. The van der Waals surface area contributed by atoms with Crippen LogP contribution in [-0.4, -0.2) is 31.0 Å². The largest absolute Gasteiger partial charge is 0.375 e. The van der Waals surface area contributed by atoms with Crippen molar-refractivity contribution in [3.63, 3.8) is 0 Å². The van der Waals surface area contributed by atoms with Crippen LogP contribution in [0.15, 0.2) is 30.0 Å². The maximum atomic E-state index is 9.34. The maximum Gasteiger partial charge on any atom is 0.141 e. The molecule has 1 aliphatic heterocycles. The first-order valence-electron chi connectivity index (χ1n) is 5.67. The third-order valence-electron chi connectivity index (χ3n) is 3.06. The summed E-state index contributed by atoms with van der Waals surface area (Å²) < 4.78 is 0. The minimum atomic E-state index is 0.330. The summed E-state index contributed by atoms with van der Waals surface area (Å²) in [4.78, 5) is 7.96. The highest BCUT2D eigenvalue weighted by atomic mass is 15.2. The molecular formula is C14H13N5. The number of hydrogen-bond acceptors (Lipinski definition) is 5. The molecule has 0 fully saturated rings. The normalized spacial score (nSPS) is 13.7. The van der Waals surface area contributed by atoms with Crippen molar-refractivity contribution in [3.05, 3.63) is 41.4 Å². The molecule has 19 heavy (non-hydrogen) atoms. The van der Waals surface area contributed by atoms with Crippen molar-refractivity contribution in [2.75, 3.05) is 26.0 Å². The lowest BCUT2D eigenvalue weighted by Gasteiger charge is -2.32. The van der Waals surface area contributed by atoms with Gasteiger partial charge in [0, 0.05) is 21.1 Å². The van der Waals surface area contributed by atoms with Gasteiger partial charge in [0.25, 0.3) is 0 Å². The fourth-order valence-electron chi connectivity index (χ4n) is 2.08. The zero-order valence-corrected chi connectivity index (χ0v) is 11.1. The minimum absolute atomic E-state index is 0.330. The smallest absolute Gasteiger partial charge is 0.141 e. The molecule has 5 nitrogen and oxygen atoms in total. The van der Waals surface area contributed by atoms with E-state index in [1.807, 2.05) is 43.1 Å². The Balaban J connectivity index is 2.82. The summed E-state index contributed by atoms with van der Waals surface area (Å²) in [6, 6.07) is 7.67. The fourth-order valence-corrected chi connectivity index (χ4v) is 2.08. The van der Waals surface area contributed by atoms with E-state index in [2.05, 4.69) is 17.6 Å². The summed E-state index contributed by atoms with van der Waals surface area (Å²) in [5.74, 6) is 0. The van der Waals surface area contributed by atoms with Gasteiger partial charge in [-0.3, -0.25) is 0 Å². The fraction of sp³-hybridized carbons (Fsp3) is 0.214. The highest BCUT2D eigenvalue weighted by Crippen LogP contribution is 2.38. The Morgan fingerprint density at radius 1 is 1.26 bits per heavy atom. The van der Waals surface area contributed by atoms with E-state index in [1.165, 1.54) is 0 Å². The van der Waals surface area contributed by atoms with Crippen molar-refractivity contribution in [2.24, 2.45) is 0 Å². The lowest BCUT2D eigenvalue weighted by molar-refractivity contribution is 0.584. The third kappa shape index (κ3) is 1.82. The van der Waals surface area contributed by atoms with Crippen LogP contribution >= 0.6 is 0 Å². The molecule has 0 saturated carbocycles. The Morgan fingerprint density at radius 3 is 2.47 bits per heavy atom. The van der Waals surface area contributed by atoms with E-state index in [9.17, 15) is 5.26 Å². The van der Waals surface area contributed by atoms with Gasteiger partial charge in [-0.25, -0.2) is 4.98 Å². The number of allylic oxidation sites excluding steroid dienone is 1. The molecule has 0 spiro atoms. The summed E-state index contributed by atoms with van der Waals surface area (Å²) >= 11 is 0. The van der Waals surface area contributed by atoms with Crippen molar-refractivity contribution in [3.8, 4) is 12.1 Å². The number of fused-ring (bicyclic) bond motifs is 1. The van der Waals surface area contributed by atoms with Crippen molar-refractivity contribution in [2.45, 2.75) is 0 Å². The molecule has 0 amide bonds. The van der Waals surface area contributed by atoms with Crippen LogP contribution in [0.1, 0.15) is 11.4 Å².